The lowest BCUT2D eigenvalue weighted by atomic mass is 9.76. The molecule has 3 heteroatoms. The summed E-state index contributed by atoms with van der Waals surface area (Å²) in [6, 6.07) is 19.4. The Labute approximate surface area is 124 Å². The summed E-state index contributed by atoms with van der Waals surface area (Å²) in [4.78, 5) is 10.8. The van der Waals surface area contributed by atoms with Gasteiger partial charge in [-0.3, -0.25) is 4.79 Å². The molecule has 110 valence electrons. The molecule has 0 saturated heterocycles. The molecule has 21 heavy (non-hydrogen) atoms. The quantitative estimate of drug-likeness (QED) is 0.854. The first-order valence-corrected chi connectivity index (χ1v) is 7.05. The molecule has 0 aliphatic heterocycles. The summed E-state index contributed by atoms with van der Waals surface area (Å²) in [5, 5.41) is 19.8. The summed E-state index contributed by atoms with van der Waals surface area (Å²) in [5.74, 6) is -1.14. The standard InChI is InChI=1S/C18H20O3/c1-18(21,13-12-16(19)20)17(14-8-4-2-5-9-14)15-10-6-3-7-11-15/h2-11,17,21H,12-13H2,1H3,(H,19,20). The van der Waals surface area contributed by atoms with Gasteiger partial charge in [0.25, 0.3) is 0 Å². The van der Waals surface area contributed by atoms with E-state index < -0.39 is 11.6 Å². The number of aliphatic carboxylic acids is 1. The highest BCUT2D eigenvalue weighted by molar-refractivity contribution is 5.66. The number of hydrogen-bond acceptors (Lipinski definition) is 2. The lowest BCUT2D eigenvalue weighted by Gasteiger charge is -2.33. The number of rotatable bonds is 6. The summed E-state index contributed by atoms with van der Waals surface area (Å²) in [5.41, 5.74) is 0.847. The highest BCUT2D eigenvalue weighted by Crippen LogP contribution is 2.37. The second kappa shape index (κ2) is 6.55. The van der Waals surface area contributed by atoms with Crippen molar-refractivity contribution >= 4 is 5.97 Å². The summed E-state index contributed by atoms with van der Waals surface area (Å²) in [6.07, 6.45) is 0.153. The van der Waals surface area contributed by atoms with Crippen LogP contribution in [0.2, 0.25) is 0 Å². The van der Waals surface area contributed by atoms with E-state index in [0.29, 0.717) is 0 Å². The van der Waals surface area contributed by atoms with Crippen LogP contribution in [0.25, 0.3) is 0 Å². The maximum atomic E-state index is 10.9. The predicted octanol–water partition coefficient (Wildman–Crippen LogP) is 3.43. The zero-order valence-corrected chi connectivity index (χ0v) is 12.1. The molecular formula is C18H20O3. The summed E-state index contributed by atoms with van der Waals surface area (Å²) < 4.78 is 0. The second-order valence-electron chi connectivity index (χ2n) is 5.51. The fraction of sp³-hybridized carbons (Fsp3) is 0.278. The Morgan fingerprint density at radius 1 is 1.00 bits per heavy atom. The summed E-state index contributed by atoms with van der Waals surface area (Å²) >= 11 is 0. The zero-order valence-electron chi connectivity index (χ0n) is 12.1. The normalized spacial score (nSPS) is 13.9. The average molecular weight is 284 g/mol. The van der Waals surface area contributed by atoms with Crippen LogP contribution in [0, 0.1) is 0 Å². The van der Waals surface area contributed by atoms with Gasteiger partial charge in [0, 0.05) is 12.3 Å². The van der Waals surface area contributed by atoms with Crippen molar-refractivity contribution in [3.05, 3.63) is 71.8 Å². The molecule has 1 atom stereocenters. The number of carboxylic acid groups (broad SMARTS) is 1. The molecule has 0 spiro atoms. The van der Waals surface area contributed by atoms with Crippen LogP contribution in [0.1, 0.15) is 36.8 Å². The Kier molecular flexibility index (Phi) is 4.76. The first-order chi connectivity index (χ1) is 10.0. The van der Waals surface area contributed by atoms with Crippen molar-refractivity contribution in [1.29, 1.82) is 0 Å². The van der Waals surface area contributed by atoms with Crippen molar-refractivity contribution in [3.63, 3.8) is 0 Å². The smallest absolute Gasteiger partial charge is 0.303 e. The van der Waals surface area contributed by atoms with Gasteiger partial charge >= 0.3 is 5.97 Å². The molecule has 3 nitrogen and oxygen atoms in total. The third-order valence-electron chi connectivity index (χ3n) is 3.73. The topological polar surface area (TPSA) is 57.5 Å². The molecule has 0 aliphatic rings. The lowest BCUT2D eigenvalue weighted by Crippen LogP contribution is -2.34. The molecule has 0 bridgehead atoms. The van der Waals surface area contributed by atoms with Gasteiger partial charge < -0.3 is 10.2 Å². The summed E-state index contributed by atoms with van der Waals surface area (Å²) in [7, 11) is 0. The van der Waals surface area contributed by atoms with Gasteiger partial charge in [0.2, 0.25) is 0 Å². The Morgan fingerprint density at radius 2 is 1.43 bits per heavy atom. The second-order valence-corrected chi connectivity index (χ2v) is 5.51. The van der Waals surface area contributed by atoms with E-state index in [1.54, 1.807) is 6.92 Å². The van der Waals surface area contributed by atoms with E-state index in [-0.39, 0.29) is 18.8 Å². The number of carbonyl (C=O) groups is 1. The van der Waals surface area contributed by atoms with Crippen LogP contribution in [0.5, 0.6) is 0 Å². The van der Waals surface area contributed by atoms with E-state index in [4.69, 9.17) is 5.11 Å². The molecule has 1 unspecified atom stereocenters. The van der Waals surface area contributed by atoms with Gasteiger partial charge in [-0.1, -0.05) is 60.7 Å². The molecule has 0 saturated carbocycles. The monoisotopic (exact) mass is 284 g/mol. The Hall–Kier alpha value is -2.13. The van der Waals surface area contributed by atoms with Crippen LogP contribution in [-0.4, -0.2) is 21.8 Å². The Morgan fingerprint density at radius 3 is 1.81 bits per heavy atom. The Bertz CT molecular complexity index is 536. The van der Waals surface area contributed by atoms with Crippen LogP contribution in [0.3, 0.4) is 0 Å². The minimum Gasteiger partial charge on any atom is -0.481 e. The van der Waals surface area contributed by atoms with E-state index in [1.165, 1.54) is 0 Å². The van der Waals surface area contributed by atoms with Gasteiger partial charge in [0.1, 0.15) is 0 Å². The van der Waals surface area contributed by atoms with Gasteiger partial charge in [-0.15, -0.1) is 0 Å². The van der Waals surface area contributed by atoms with Gasteiger partial charge in [0.05, 0.1) is 5.60 Å². The maximum Gasteiger partial charge on any atom is 0.303 e. The number of hydrogen-bond donors (Lipinski definition) is 2. The van der Waals surface area contributed by atoms with E-state index in [2.05, 4.69) is 0 Å². The van der Waals surface area contributed by atoms with Crippen LogP contribution < -0.4 is 0 Å². The molecule has 0 amide bonds. The van der Waals surface area contributed by atoms with Crippen LogP contribution in [0.15, 0.2) is 60.7 Å². The fourth-order valence-corrected chi connectivity index (χ4v) is 2.71. The van der Waals surface area contributed by atoms with Crippen LogP contribution in [-0.2, 0) is 4.79 Å². The van der Waals surface area contributed by atoms with Crippen LogP contribution >= 0.6 is 0 Å². The third-order valence-corrected chi connectivity index (χ3v) is 3.73. The largest absolute Gasteiger partial charge is 0.481 e. The van der Waals surface area contributed by atoms with Gasteiger partial charge in [-0.25, -0.2) is 0 Å². The van der Waals surface area contributed by atoms with Crippen molar-refractivity contribution in [2.45, 2.75) is 31.3 Å². The summed E-state index contributed by atoms with van der Waals surface area (Å²) in [6.45, 7) is 1.71. The van der Waals surface area contributed by atoms with E-state index in [9.17, 15) is 9.90 Å². The SMILES string of the molecule is CC(O)(CCC(=O)O)C(c1ccccc1)c1ccccc1. The molecule has 0 heterocycles. The Balaban J connectivity index is 2.39. The lowest BCUT2D eigenvalue weighted by molar-refractivity contribution is -0.138. The van der Waals surface area contributed by atoms with Crippen molar-refractivity contribution in [2.24, 2.45) is 0 Å². The molecule has 2 aromatic rings. The number of aliphatic hydroxyl groups is 1. The highest BCUT2D eigenvalue weighted by Gasteiger charge is 2.34. The van der Waals surface area contributed by atoms with Crippen LogP contribution in [0.4, 0.5) is 0 Å². The molecule has 0 radical (unpaired) electrons. The van der Waals surface area contributed by atoms with E-state index >= 15 is 0 Å². The van der Waals surface area contributed by atoms with Crippen molar-refractivity contribution < 1.29 is 15.0 Å². The number of carboxylic acids is 1. The molecule has 0 aromatic heterocycles. The molecular weight excluding hydrogens is 264 g/mol. The van der Waals surface area contributed by atoms with Gasteiger partial charge in [0.15, 0.2) is 0 Å². The molecule has 2 N–H and O–H groups in total. The van der Waals surface area contributed by atoms with E-state index in [0.717, 1.165) is 11.1 Å². The van der Waals surface area contributed by atoms with Gasteiger partial charge in [-0.05, 0) is 24.5 Å². The molecule has 0 fully saturated rings. The zero-order chi connectivity index (χ0) is 15.3. The minimum atomic E-state index is -1.12. The average Bonchev–Trinajstić information content (AvgIpc) is 2.47. The first kappa shape index (κ1) is 15.3. The minimum absolute atomic E-state index is 0.0524. The molecule has 2 rings (SSSR count). The molecule has 2 aromatic carbocycles. The fourth-order valence-electron chi connectivity index (χ4n) is 2.71. The molecule has 0 aliphatic carbocycles. The predicted molar refractivity (Wildman–Crippen MR) is 82.2 cm³/mol. The highest BCUT2D eigenvalue weighted by atomic mass is 16.4. The number of benzene rings is 2. The van der Waals surface area contributed by atoms with Crippen molar-refractivity contribution in [1.82, 2.24) is 0 Å². The van der Waals surface area contributed by atoms with Crippen molar-refractivity contribution in [3.8, 4) is 0 Å². The van der Waals surface area contributed by atoms with E-state index in [1.807, 2.05) is 60.7 Å². The maximum absolute atomic E-state index is 10.9. The first-order valence-electron chi connectivity index (χ1n) is 7.05. The van der Waals surface area contributed by atoms with Crippen molar-refractivity contribution in [2.75, 3.05) is 0 Å². The third kappa shape index (κ3) is 3.92. The van der Waals surface area contributed by atoms with Gasteiger partial charge in [-0.2, -0.15) is 0 Å².